The summed E-state index contributed by atoms with van der Waals surface area (Å²) < 4.78 is 5.33. The molecule has 0 aliphatic carbocycles. The Bertz CT molecular complexity index is 871. The van der Waals surface area contributed by atoms with Gasteiger partial charge in [0.05, 0.1) is 25.9 Å². The van der Waals surface area contributed by atoms with Crippen LogP contribution in [-0.4, -0.2) is 72.3 Å². The minimum Gasteiger partial charge on any atom is -0.390 e. The summed E-state index contributed by atoms with van der Waals surface area (Å²) in [5.74, 6) is -0.330. The number of imide groups is 1. The lowest BCUT2D eigenvalue weighted by molar-refractivity contribution is -0.132. The fraction of sp³-hybridized carbons (Fsp3) is 0.391. The van der Waals surface area contributed by atoms with Crippen LogP contribution in [0.1, 0.15) is 11.1 Å². The summed E-state index contributed by atoms with van der Waals surface area (Å²) in [6.07, 6.45) is -0.473. The third-order valence-corrected chi connectivity index (χ3v) is 5.72. The molecule has 0 bridgehead atoms. The summed E-state index contributed by atoms with van der Waals surface area (Å²) in [6.45, 7) is 3.09. The van der Waals surface area contributed by atoms with Crippen LogP contribution in [-0.2, 0) is 21.5 Å². The van der Waals surface area contributed by atoms with Gasteiger partial charge >= 0.3 is 6.03 Å². The summed E-state index contributed by atoms with van der Waals surface area (Å²) in [4.78, 5) is 29.6. The van der Waals surface area contributed by atoms with E-state index in [1.165, 1.54) is 0 Å². The van der Waals surface area contributed by atoms with Crippen LogP contribution in [0.15, 0.2) is 60.7 Å². The van der Waals surface area contributed by atoms with Crippen molar-refractivity contribution in [3.63, 3.8) is 0 Å². The molecule has 2 N–H and O–H groups in total. The normalized spacial score (nSPS) is 23.4. The van der Waals surface area contributed by atoms with Gasteiger partial charge in [-0.15, -0.1) is 0 Å². The molecular weight excluding hydrogens is 382 g/mol. The van der Waals surface area contributed by atoms with Gasteiger partial charge in [0.25, 0.3) is 5.91 Å². The Morgan fingerprint density at radius 1 is 0.967 bits per heavy atom. The first-order chi connectivity index (χ1) is 14.6. The predicted molar refractivity (Wildman–Crippen MR) is 112 cm³/mol. The second-order valence-electron chi connectivity index (χ2n) is 7.85. The van der Waals surface area contributed by atoms with Crippen molar-refractivity contribution in [3.8, 4) is 0 Å². The molecule has 0 aromatic heterocycles. The Labute approximate surface area is 176 Å². The molecule has 2 aliphatic heterocycles. The Morgan fingerprint density at radius 2 is 1.60 bits per heavy atom. The standard InChI is InChI=1S/C23H27N3O4/c27-20(16-25-11-13-30-14-12-25)17-26-21(28)23(24-22(26)29,19-9-5-2-6-10-19)15-18-7-3-1-4-8-18/h1-10,20,27H,11-17H2,(H,24,29)/t20-,23+/m0/s1. The third kappa shape index (κ3) is 4.23. The number of rotatable bonds is 7. The number of carbonyl (C=O) groups is 2. The van der Waals surface area contributed by atoms with Gasteiger partial charge in [0.15, 0.2) is 5.54 Å². The first kappa shape index (κ1) is 20.5. The zero-order valence-corrected chi connectivity index (χ0v) is 16.9. The van der Waals surface area contributed by atoms with Crippen LogP contribution in [0.4, 0.5) is 4.79 Å². The molecule has 0 unspecified atom stereocenters. The van der Waals surface area contributed by atoms with Gasteiger partial charge in [0.1, 0.15) is 0 Å². The monoisotopic (exact) mass is 409 g/mol. The first-order valence-electron chi connectivity index (χ1n) is 10.3. The molecular formula is C23H27N3O4. The Hall–Kier alpha value is -2.74. The topological polar surface area (TPSA) is 82.1 Å². The molecule has 2 aliphatic rings. The molecule has 3 amide bonds. The molecule has 7 heteroatoms. The number of amides is 3. The highest BCUT2D eigenvalue weighted by Crippen LogP contribution is 2.33. The maximum atomic E-state index is 13.6. The smallest absolute Gasteiger partial charge is 0.325 e. The van der Waals surface area contributed by atoms with Gasteiger partial charge in [-0.05, 0) is 11.1 Å². The summed E-state index contributed by atoms with van der Waals surface area (Å²) in [6, 6.07) is 18.5. The number of benzene rings is 2. The number of ether oxygens (including phenoxy) is 1. The van der Waals surface area contributed by atoms with Gasteiger partial charge in [-0.2, -0.15) is 0 Å². The van der Waals surface area contributed by atoms with Gasteiger partial charge in [-0.3, -0.25) is 14.6 Å². The highest BCUT2D eigenvalue weighted by atomic mass is 16.5. The largest absolute Gasteiger partial charge is 0.390 e. The van der Waals surface area contributed by atoms with Crippen molar-refractivity contribution in [2.75, 3.05) is 39.4 Å². The lowest BCUT2D eigenvalue weighted by atomic mass is 9.83. The number of nitrogens with zero attached hydrogens (tertiary/aromatic N) is 2. The Kier molecular flexibility index (Phi) is 6.13. The first-order valence-corrected chi connectivity index (χ1v) is 10.3. The quantitative estimate of drug-likeness (QED) is 0.675. The van der Waals surface area contributed by atoms with E-state index in [4.69, 9.17) is 4.74 Å². The van der Waals surface area contributed by atoms with Crippen molar-refractivity contribution in [2.24, 2.45) is 0 Å². The highest BCUT2D eigenvalue weighted by molar-refractivity contribution is 6.07. The molecule has 0 radical (unpaired) electrons. The predicted octanol–water partition coefficient (Wildman–Crippen LogP) is 1.37. The van der Waals surface area contributed by atoms with Gasteiger partial charge in [-0.1, -0.05) is 60.7 Å². The molecule has 30 heavy (non-hydrogen) atoms. The molecule has 0 spiro atoms. The summed E-state index contributed by atoms with van der Waals surface area (Å²) in [7, 11) is 0. The number of nitrogens with one attached hydrogen (secondary N) is 1. The van der Waals surface area contributed by atoms with Crippen LogP contribution in [0.5, 0.6) is 0 Å². The number of urea groups is 1. The number of hydrogen-bond acceptors (Lipinski definition) is 5. The highest BCUT2D eigenvalue weighted by Gasteiger charge is 2.52. The second kappa shape index (κ2) is 8.95. The van der Waals surface area contributed by atoms with Gasteiger partial charge < -0.3 is 15.2 Å². The van der Waals surface area contributed by atoms with E-state index >= 15 is 0 Å². The number of aliphatic hydroxyl groups excluding tert-OH is 1. The lowest BCUT2D eigenvalue weighted by Gasteiger charge is -2.30. The van der Waals surface area contributed by atoms with Gasteiger partial charge in [0.2, 0.25) is 0 Å². The minimum absolute atomic E-state index is 0.0363. The van der Waals surface area contributed by atoms with Crippen molar-refractivity contribution in [3.05, 3.63) is 71.8 Å². The summed E-state index contributed by atoms with van der Waals surface area (Å²) in [5, 5.41) is 13.5. The van der Waals surface area contributed by atoms with E-state index in [1.807, 2.05) is 60.7 Å². The minimum atomic E-state index is -1.18. The average molecular weight is 409 g/mol. The zero-order chi connectivity index (χ0) is 21.0. The SMILES string of the molecule is O=C1N[C@](Cc2ccccc2)(c2ccccc2)C(=O)N1C[C@@H](O)CN1CCOCC1. The Morgan fingerprint density at radius 3 is 2.27 bits per heavy atom. The van der Waals surface area contributed by atoms with Crippen LogP contribution >= 0.6 is 0 Å². The summed E-state index contributed by atoms with van der Waals surface area (Å²) >= 11 is 0. The van der Waals surface area contributed by atoms with E-state index < -0.39 is 17.7 Å². The number of β-amino-alcohol motifs (C(OH)–C–C–N with tert-alkyl or cyclic N) is 1. The van der Waals surface area contributed by atoms with Gasteiger partial charge in [0, 0.05) is 26.1 Å². The molecule has 2 aromatic rings. The molecule has 2 saturated heterocycles. The van der Waals surface area contributed by atoms with E-state index in [2.05, 4.69) is 10.2 Å². The molecule has 2 atom stereocenters. The van der Waals surface area contributed by atoms with Crippen molar-refractivity contribution in [1.82, 2.24) is 15.1 Å². The van der Waals surface area contributed by atoms with E-state index in [1.54, 1.807) is 0 Å². The van der Waals surface area contributed by atoms with E-state index in [0.717, 1.165) is 29.1 Å². The Balaban J connectivity index is 1.56. The fourth-order valence-corrected chi connectivity index (χ4v) is 4.18. The van der Waals surface area contributed by atoms with Crippen molar-refractivity contribution in [2.45, 2.75) is 18.1 Å². The van der Waals surface area contributed by atoms with Crippen LogP contribution in [0.2, 0.25) is 0 Å². The van der Waals surface area contributed by atoms with E-state index in [0.29, 0.717) is 26.2 Å². The average Bonchev–Trinajstić information content (AvgIpc) is 3.01. The maximum absolute atomic E-state index is 13.6. The number of carbonyl (C=O) groups excluding carboxylic acids is 2. The molecule has 7 nitrogen and oxygen atoms in total. The molecule has 4 rings (SSSR count). The second-order valence-corrected chi connectivity index (χ2v) is 7.85. The fourth-order valence-electron chi connectivity index (χ4n) is 4.18. The summed E-state index contributed by atoms with van der Waals surface area (Å²) in [5.41, 5.74) is 0.501. The van der Waals surface area contributed by atoms with Crippen LogP contribution in [0.3, 0.4) is 0 Å². The third-order valence-electron chi connectivity index (χ3n) is 5.72. The van der Waals surface area contributed by atoms with Crippen LogP contribution in [0.25, 0.3) is 0 Å². The molecule has 2 heterocycles. The zero-order valence-electron chi connectivity index (χ0n) is 16.9. The van der Waals surface area contributed by atoms with E-state index in [-0.39, 0.29) is 12.5 Å². The molecule has 158 valence electrons. The number of hydrogen-bond donors (Lipinski definition) is 2. The lowest BCUT2D eigenvalue weighted by Crippen LogP contribution is -2.48. The maximum Gasteiger partial charge on any atom is 0.325 e. The van der Waals surface area contributed by atoms with Crippen LogP contribution < -0.4 is 5.32 Å². The number of morpholine rings is 1. The van der Waals surface area contributed by atoms with Crippen molar-refractivity contribution in [1.29, 1.82) is 0 Å². The molecule has 2 fully saturated rings. The van der Waals surface area contributed by atoms with Gasteiger partial charge in [-0.25, -0.2) is 4.79 Å². The van der Waals surface area contributed by atoms with Crippen molar-refractivity contribution < 1.29 is 19.4 Å². The van der Waals surface area contributed by atoms with Crippen LogP contribution in [0, 0.1) is 0 Å². The van der Waals surface area contributed by atoms with E-state index in [9.17, 15) is 14.7 Å². The number of aliphatic hydroxyl groups is 1. The molecule has 2 aromatic carbocycles. The van der Waals surface area contributed by atoms with Crippen molar-refractivity contribution >= 4 is 11.9 Å². The molecule has 0 saturated carbocycles.